The number of anilines is 1. The average Bonchev–Trinajstić information content (AvgIpc) is 2.66. The molecule has 1 atom stereocenters. The van der Waals surface area contributed by atoms with Gasteiger partial charge in [0.1, 0.15) is 5.60 Å². The number of alkyl halides is 3. The van der Waals surface area contributed by atoms with Crippen molar-refractivity contribution in [2.45, 2.75) is 58.4 Å². The molecule has 0 bridgehead atoms. The van der Waals surface area contributed by atoms with Crippen molar-refractivity contribution in [2.24, 2.45) is 0 Å². The fraction of sp³-hybridized carbons (Fsp3) is 0.636. The van der Waals surface area contributed by atoms with Gasteiger partial charge in [-0.2, -0.15) is 13.2 Å². The Morgan fingerprint density at radius 2 is 1.94 bits per heavy atom. The van der Waals surface area contributed by atoms with Crippen LogP contribution in [0.1, 0.15) is 56.5 Å². The van der Waals surface area contributed by atoms with Gasteiger partial charge in [0.25, 0.3) is 0 Å². The first-order chi connectivity index (χ1) is 14.9. The highest BCUT2D eigenvalue weighted by atomic mass is 19.4. The molecule has 1 heterocycles. The Labute approximate surface area is 186 Å². The van der Waals surface area contributed by atoms with E-state index in [4.69, 9.17) is 9.47 Å². The van der Waals surface area contributed by atoms with Gasteiger partial charge in [-0.15, -0.1) is 0 Å². The number of hydrogen-bond donors (Lipinski definition) is 2. The summed E-state index contributed by atoms with van der Waals surface area (Å²) >= 11 is 0. The highest BCUT2D eigenvalue weighted by Gasteiger charge is 2.34. The molecule has 0 spiro atoms. The first kappa shape index (κ1) is 25.8. The zero-order chi connectivity index (χ0) is 23.9. The summed E-state index contributed by atoms with van der Waals surface area (Å²) in [4.78, 5) is 26.0. The lowest BCUT2D eigenvalue weighted by molar-refractivity contribution is -0.137. The monoisotopic (exact) mass is 459 g/mol. The van der Waals surface area contributed by atoms with Gasteiger partial charge in [0.15, 0.2) is 0 Å². The van der Waals surface area contributed by atoms with Gasteiger partial charge in [-0.05, 0) is 65.3 Å². The van der Waals surface area contributed by atoms with E-state index in [0.717, 1.165) is 31.5 Å². The van der Waals surface area contributed by atoms with E-state index in [2.05, 4.69) is 15.5 Å². The first-order valence-corrected chi connectivity index (χ1v) is 10.7. The topological polar surface area (TPSA) is 79.9 Å². The molecule has 2 rings (SSSR count). The molecule has 0 aromatic heterocycles. The Morgan fingerprint density at radius 3 is 2.56 bits per heavy atom. The van der Waals surface area contributed by atoms with Crippen molar-refractivity contribution < 1.29 is 32.2 Å². The standard InChI is InChI=1S/C22H32F3N3O4/c1-5-31-19(29)15-8-9-17(22(23,24)25)18(13-15)26-10-12-28-11-6-7-16(14-28)27-20(30)32-21(2,3)4/h8-9,13,16,26H,5-7,10-12,14H2,1-4H3,(H,27,30)/t16-/m0/s1. The van der Waals surface area contributed by atoms with E-state index in [1.165, 1.54) is 6.07 Å². The fourth-order valence-corrected chi connectivity index (χ4v) is 3.48. The summed E-state index contributed by atoms with van der Waals surface area (Å²) in [5, 5.41) is 5.66. The van der Waals surface area contributed by atoms with Crippen LogP contribution < -0.4 is 10.6 Å². The second-order valence-electron chi connectivity index (χ2n) is 8.69. The lowest BCUT2D eigenvalue weighted by Gasteiger charge is -2.33. The van der Waals surface area contributed by atoms with Crippen molar-refractivity contribution >= 4 is 17.7 Å². The maximum atomic E-state index is 13.4. The molecule has 1 aliphatic heterocycles. The number of benzene rings is 1. The van der Waals surface area contributed by atoms with Crippen LogP contribution in [0.3, 0.4) is 0 Å². The molecule has 180 valence electrons. The van der Waals surface area contributed by atoms with Gasteiger partial charge in [-0.3, -0.25) is 4.90 Å². The number of amides is 1. The molecule has 0 saturated carbocycles. The van der Waals surface area contributed by atoms with Crippen molar-refractivity contribution in [1.82, 2.24) is 10.2 Å². The molecule has 32 heavy (non-hydrogen) atoms. The van der Waals surface area contributed by atoms with Crippen LogP contribution in [-0.4, -0.2) is 61.4 Å². The number of carbonyl (C=O) groups is 2. The van der Waals surface area contributed by atoms with Crippen LogP contribution in [-0.2, 0) is 15.7 Å². The Hall–Kier alpha value is -2.49. The highest BCUT2D eigenvalue weighted by Crippen LogP contribution is 2.35. The van der Waals surface area contributed by atoms with E-state index in [1.807, 2.05) is 0 Å². The summed E-state index contributed by atoms with van der Waals surface area (Å²) < 4.78 is 50.3. The lowest BCUT2D eigenvalue weighted by Crippen LogP contribution is -2.49. The number of likely N-dealkylation sites (tertiary alicyclic amines) is 1. The van der Waals surface area contributed by atoms with Gasteiger partial charge in [0.05, 0.1) is 17.7 Å². The molecule has 1 aliphatic rings. The minimum Gasteiger partial charge on any atom is -0.462 e. The minimum atomic E-state index is -4.55. The van der Waals surface area contributed by atoms with Crippen molar-refractivity contribution in [2.75, 3.05) is 38.1 Å². The number of carbonyl (C=O) groups excluding carboxylic acids is 2. The Bertz CT molecular complexity index is 794. The predicted octanol–water partition coefficient (Wildman–Crippen LogP) is 4.28. The molecule has 0 radical (unpaired) electrons. The van der Waals surface area contributed by atoms with Crippen LogP contribution in [0.25, 0.3) is 0 Å². The summed E-state index contributed by atoms with van der Waals surface area (Å²) in [6, 6.07) is 3.08. The van der Waals surface area contributed by atoms with Crippen LogP contribution in [0.2, 0.25) is 0 Å². The summed E-state index contributed by atoms with van der Waals surface area (Å²) in [6.45, 7) is 9.22. The molecule has 1 amide bonds. The van der Waals surface area contributed by atoms with Gasteiger partial charge in [0.2, 0.25) is 0 Å². The van der Waals surface area contributed by atoms with Gasteiger partial charge in [-0.1, -0.05) is 0 Å². The van der Waals surface area contributed by atoms with Gasteiger partial charge in [0, 0.05) is 31.4 Å². The van der Waals surface area contributed by atoms with Crippen LogP contribution >= 0.6 is 0 Å². The van der Waals surface area contributed by atoms with Gasteiger partial charge >= 0.3 is 18.2 Å². The smallest absolute Gasteiger partial charge is 0.418 e. The maximum absolute atomic E-state index is 13.4. The number of esters is 1. The van der Waals surface area contributed by atoms with Crippen LogP contribution in [0, 0.1) is 0 Å². The number of nitrogens with one attached hydrogen (secondary N) is 2. The summed E-state index contributed by atoms with van der Waals surface area (Å²) in [5.74, 6) is -0.670. The third kappa shape index (κ3) is 8.22. The van der Waals surface area contributed by atoms with E-state index in [9.17, 15) is 22.8 Å². The van der Waals surface area contributed by atoms with Gasteiger partial charge < -0.3 is 20.1 Å². The van der Waals surface area contributed by atoms with E-state index in [0.29, 0.717) is 13.1 Å². The Morgan fingerprint density at radius 1 is 1.22 bits per heavy atom. The number of rotatable bonds is 7. The molecule has 0 aliphatic carbocycles. The lowest BCUT2D eigenvalue weighted by atomic mass is 10.1. The van der Waals surface area contributed by atoms with E-state index >= 15 is 0 Å². The molecule has 7 nitrogen and oxygen atoms in total. The summed E-state index contributed by atoms with van der Waals surface area (Å²) in [7, 11) is 0. The number of ether oxygens (including phenoxy) is 2. The number of nitrogens with zero attached hydrogens (tertiary/aromatic N) is 1. The second-order valence-corrected chi connectivity index (χ2v) is 8.69. The summed E-state index contributed by atoms with van der Waals surface area (Å²) in [6.07, 6.45) is -3.37. The van der Waals surface area contributed by atoms with E-state index in [-0.39, 0.29) is 30.4 Å². The molecule has 1 saturated heterocycles. The minimum absolute atomic E-state index is 0.0574. The largest absolute Gasteiger partial charge is 0.462 e. The average molecular weight is 460 g/mol. The van der Waals surface area contributed by atoms with Crippen molar-refractivity contribution in [3.63, 3.8) is 0 Å². The predicted molar refractivity (Wildman–Crippen MR) is 115 cm³/mol. The van der Waals surface area contributed by atoms with Crippen molar-refractivity contribution in [1.29, 1.82) is 0 Å². The molecule has 1 aromatic rings. The molecule has 2 N–H and O–H groups in total. The SMILES string of the molecule is CCOC(=O)c1ccc(C(F)(F)F)c(NCCN2CCC[C@H](NC(=O)OC(C)(C)C)C2)c1. The van der Waals surface area contributed by atoms with E-state index in [1.54, 1.807) is 27.7 Å². The first-order valence-electron chi connectivity index (χ1n) is 10.7. The maximum Gasteiger partial charge on any atom is 0.418 e. The van der Waals surface area contributed by atoms with Crippen LogP contribution in [0.5, 0.6) is 0 Å². The van der Waals surface area contributed by atoms with E-state index < -0.39 is 29.4 Å². The number of alkyl carbamates (subject to hydrolysis) is 1. The molecular weight excluding hydrogens is 427 g/mol. The molecule has 10 heteroatoms. The van der Waals surface area contributed by atoms with Crippen LogP contribution in [0.4, 0.5) is 23.7 Å². The van der Waals surface area contributed by atoms with Crippen molar-refractivity contribution in [3.05, 3.63) is 29.3 Å². The van der Waals surface area contributed by atoms with Crippen LogP contribution in [0.15, 0.2) is 18.2 Å². The Kier molecular flexibility index (Phi) is 8.77. The quantitative estimate of drug-likeness (QED) is 0.593. The normalized spacial score (nSPS) is 17.5. The highest BCUT2D eigenvalue weighted by molar-refractivity contribution is 5.91. The number of halogens is 3. The Balaban J connectivity index is 1.96. The molecule has 1 aromatic carbocycles. The van der Waals surface area contributed by atoms with Crippen molar-refractivity contribution in [3.8, 4) is 0 Å². The number of hydrogen-bond acceptors (Lipinski definition) is 6. The van der Waals surface area contributed by atoms with Gasteiger partial charge in [-0.25, -0.2) is 9.59 Å². The number of piperidine rings is 1. The zero-order valence-corrected chi connectivity index (χ0v) is 19.0. The fourth-order valence-electron chi connectivity index (χ4n) is 3.48. The molecule has 0 unspecified atom stereocenters. The third-order valence-corrected chi connectivity index (χ3v) is 4.81. The molecular formula is C22H32F3N3O4. The summed E-state index contributed by atoms with van der Waals surface area (Å²) in [5.41, 5.74) is -1.53. The zero-order valence-electron chi connectivity index (χ0n) is 19.0. The second kappa shape index (κ2) is 10.9. The third-order valence-electron chi connectivity index (χ3n) is 4.81. The molecule has 1 fully saturated rings.